The van der Waals surface area contributed by atoms with Gasteiger partial charge in [-0.1, -0.05) is 39.0 Å². The van der Waals surface area contributed by atoms with Crippen LogP contribution in [-0.4, -0.2) is 58.9 Å². The molecule has 8 nitrogen and oxygen atoms in total. The molecule has 0 aliphatic heterocycles. The van der Waals surface area contributed by atoms with Crippen molar-refractivity contribution in [3.05, 3.63) is 65.7 Å². The molecule has 10 heteroatoms. The Bertz CT molecular complexity index is 1070. The molecule has 1 radical (unpaired) electrons. The van der Waals surface area contributed by atoms with E-state index >= 15 is 0 Å². The number of methoxy groups -OCH3 is 2. The van der Waals surface area contributed by atoms with Crippen molar-refractivity contribution in [2.75, 3.05) is 33.7 Å². The van der Waals surface area contributed by atoms with Gasteiger partial charge in [0.05, 0.1) is 12.9 Å². The molecule has 1 N–H and O–H groups in total. The third-order valence-electron chi connectivity index (χ3n) is 6.86. The number of sulfonamides is 1. The van der Waals surface area contributed by atoms with Gasteiger partial charge >= 0.3 is 0 Å². The van der Waals surface area contributed by atoms with Gasteiger partial charge in [-0.3, -0.25) is 4.98 Å². The number of hydrogen-bond donors (Lipinski definition) is 1. The summed E-state index contributed by atoms with van der Waals surface area (Å²) in [6.45, 7) is 5.88. The number of rotatable bonds is 16. The molecule has 0 spiro atoms. The number of nitrogens with one attached hydrogen (secondary N) is 1. The van der Waals surface area contributed by atoms with E-state index in [1.807, 2.05) is 13.0 Å². The molecular weight excluding hydrogens is 499 g/mol. The van der Waals surface area contributed by atoms with E-state index in [4.69, 9.17) is 14.2 Å². The molecule has 0 fully saturated rings. The first-order chi connectivity index (χ1) is 17.3. The summed E-state index contributed by atoms with van der Waals surface area (Å²) in [5.74, 6) is -0.407. The Morgan fingerprint density at radius 3 is 2.16 bits per heavy atom. The van der Waals surface area contributed by atoms with Crippen LogP contribution in [0, 0.1) is 16.6 Å². The molecular formula is C27H40FN2O6S. The summed E-state index contributed by atoms with van der Waals surface area (Å²) in [4.78, 5) is 4.18. The van der Waals surface area contributed by atoms with Crippen LogP contribution in [0.2, 0.25) is 0 Å². The molecule has 3 unspecified atom stereocenters. The SMILES string of the molecule is COCCC(C)(Cc1cccnc1)C([O])C(NS(C)(=O)=O)(OCc1ccc(F)cc1)C(C)(C)CCOC. The lowest BCUT2D eigenvalue weighted by Gasteiger charge is -2.53. The van der Waals surface area contributed by atoms with Crippen molar-refractivity contribution in [1.29, 1.82) is 0 Å². The van der Waals surface area contributed by atoms with Gasteiger partial charge < -0.3 is 14.2 Å². The van der Waals surface area contributed by atoms with E-state index in [-0.39, 0.29) is 13.2 Å². The maximum Gasteiger partial charge on any atom is 0.211 e. The van der Waals surface area contributed by atoms with Crippen molar-refractivity contribution in [1.82, 2.24) is 9.71 Å². The second-order valence-corrected chi connectivity index (χ2v) is 12.2. The van der Waals surface area contributed by atoms with Crippen molar-refractivity contribution in [2.45, 2.75) is 58.5 Å². The average molecular weight is 540 g/mol. The topological polar surface area (TPSA) is 107 Å². The van der Waals surface area contributed by atoms with Crippen LogP contribution in [0.5, 0.6) is 0 Å². The van der Waals surface area contributed by atoms with Crippen LogP contribution < -0.4 is 4.72 Å². The summed E-state index contributed by atoms with van der Waals surface area (Å²) in [5, 5.41) is 14.8. The zero-order valence-corrected chi connectivity index (χ0v) is 23.4. The highest BCUT2D eigenvalue weighted by Crippen LogP contribution is 2.47. The maximum absolute atomic E-state index is 14.8. The molecule has 1 aromatic carbocycles. The number of aromatic nitrogens is 1. The van der Waals surface area contributed by atoms with Crippen LogP contribution in [0.3, 0.4) is 0 Å². The lowest BCUT2D eigenvalue weighted by atomic mass is 9.65. The molecule has 0 bridgehead atoms. The van der Waals surface area contributed by atoms with E-state index in [2.05, 4.69) is 9.71 Å². The first kappa shape index (κ1) is 31.3. The quantitative estimate of drug-likeness (QED) is 0.322. The predicted molar refractivity (Wildman–Crippen MR) is 139 cm³/mol. The largest absolute Gasteiger partial charge is 0.385 e. The molecule has 2 rings (SSSR count). The Kier molecular flexibility index (Phi) is 11.2. The van der Waals surface area contributed by atoms with Gasteiger partial charge in [0.15, 0.2) is 5.72 Å². The Balaban J connectivity index is 2.67. The van der Waals surface area contributed by atoms with Crippen LogP contribution in [0.15, 0.2) is 48.8 Å². The standard InChI is InChI=1S/C27H40FN2O6S/c1-25(2,13-16-34-4)27(30-37(6,32)33,36-20-21-9-11-23(28)12-10-21)24(31)26(3,14-17-35-5)18-22-8-7-15-29-19-22/h7-12,15,19,24,30H,13-14,16-18,20H2,1-6H3. The molecule has 0 saturated heterocycles. The highest BCUT2D eigenvalue weighted by Gasteiger charge is 2.59. The Hall–Kier alpha value is -1.95. The van der Waals surface area contributed by atoms with E-state index in [1.165, 1.54) is 12.1 Å². The number of ether oxygens (including phenoxy) is 3. The molecule has 37 heavy (non-hydrogen) atoms. The van der Waals surface area contributed by atoms with Crippen LogP contribution in [-0.2, 0) is 42.4 Å². The van der Waals surface area contributed by atoms with Gasteiger partial charge in [-0.05, 0) is 48.6 Å². The van der Waals surface area contributed by atoms with Crippen LogP contribution in [0.25, 0.3) is 0 Å². The minimum atomic E-state index is -3.92. The molecule has 3 atom stereocenters. The third kappa shape index (κ3) is 8.53. The number of nitrogens with zero attached hydrogens (tertiary/aromatic N) is 1. The molecule has 1 aromatic heterocycles. The molecule has 0 aliphatic carbocycles. The predicted octanol–water partition coefficient (Wildman–Crippen LogP) is 4.13. The van der Waals surface area contributed by atoms with Gasteiger partial charge in [0, 0.05) is 50.7 Å². The maximum atomic E-state index is 14.8. The first-order valence-corrected chi connectivity index (χ1v) is 14.1. The van der Waals surface area contributed by atoms with Crippen molar-refractivity contribution >= 4 is 10.0 Å². The highest BCUT2D eigenvalue weighted by atomic mass is 32.2. The zero-order valence-electron chi connectivity index (χ0n) is 22.6. The van der Waals surface area contributed by atoms with Gasteiger partial charge in [-0.15, -0.1) is 0 Å². The third-order valence-corrected chi connectivity index (χ3v) is 7.54. The summed E-state index contributed by atoms with van der Waals surface area (Å²) in [7, 11) is -0.821. The minimum Gasteiger partial charge on any atom is -0.385 e. The molecule has 0 aliphatic rings. The normalized spacial score (nSPS) is 16.6. The fourth-order valence-electron chi connectivity index (χ4n) is 4.55. The van der Waals surface area contributed by atoms with Gasteiger partial charge in [0.25, 0.3) is 0 Å². The fourth-order valence-corrected chi connectivity index (χ4v) is 5.54. The number of halogens is 1. The van der Waals surface area contributed by atoms with Crippen LogP contribution in [0.4, 0.5) is 4.39 Å². The Morgan fingerprint density at radius 2 is 1.62 bits per heavy atom. The van der Waals surface area contributed by atoms with E-state index in [9.17, 15) is 17.9 Å². The monoisotopic (exact) mass is 539 g/mol. The minimum absolute atomic E-state index is 0.106. The van der Waals surface area contributed by atoms with Crippen molar-refractivity contribution < 1.29 is 32.1 Å². The number of benzene rings is 1. The summed E-state index contributed by atoms with van der Waals surface area (Å²) in [6, 6.07) is 9.35. The Labute approximate surface area is 220 Å². The smallest absolute Gasteiger partial charge is 0.211 e. The lowest BCUT2D eigenvalue weighted by Crippen LogP contribution is -2.69. The molecule has 2 aromatic rings. The van der Waals surface area contributed by atoms with E-state index in [1.54, 1.807) is 58.7 Å². The van der Waals surface area contributed by atoms with Gasteiger partial charge in [0.2, 0.25) is 10.0 Å². The molecule has 0 amide bonds. The summed E-state index contributed by atoms with van der Waals surface area (Å²) in [5.41, 5.74) is -2.48. The van der Waals surface area contributed by atoms with Crippen molar-refractivity contribution in [2.24, 2.45) is 10.8 Å². The Morgan fingerprint density at radius 1 is 1.00 bits per heavy atom. The van der Waals surface area contributed by atoms with E-state index in [0.29, 0.717) is 31.4 Å². The number of hydrogen-bond acceptors (Lipinski definition) is 6. The molecule has 1 heterocycles. The summed E-state index contributed by atoms with van der Waals surface area (Å²) in [6.07, 6.45) is 3.78. The average Bonchev–Trinajstić information content (AvgIpc) is 2.84. The van der Waals surface area contributed by atoms with E-state index in [0.717, 1.165) is 11.8 Å². The zero-order chi connectivity index (χ0) is 27.7. The van der Waals surface area contributed by atoms with Crippen molar-refractivity contribution in [3.8, 4) is 0 Å². The second-order valence-electron chi connectivity index (χ2n) is 10.5. The first-order valence-electron chi connectivity index (χ1n) is 12.2. The van der Waals surface area contributed by atoms with Crippen LogP contribution >= 0.6 is 0 Å². The van der Waals surface area contributed by atoms with Crippen molar-refractivity contribution in [3.63, 3.8) is 0 Å². The molecule has 207 valence electrons. The summed E-state index contributed by atoms with van der Waals surface area (Å²) >= 11 is 0. The van der Waals surface area contributed by atoms with Gasteiger partial charge in [-0.25, -0.2) is 17.9 Å². The van der Waals surface area contributed by atoms with E-state index < -0.39 is 38.5 Å². The second kappa shape index (κ2) is 13.2. The summed E-state index contributed by atoms with van der Waals surface area (Å²) < 4.78 is 58.7. The fraction of sp³-hybridized carbons (Fsp3) is 0.593. The van der Waals surface area contributed by atoms with Gasteiger partial charge in [0.1, 0.15) is 11.9 Å². The highest BCUT2D eigenvalue weighted by molar-refractivity contribution is 7.88. The number of pyridine rings is 1. The van der Waals surface area contributed by atoms with Gasteiger partial charge in [-0.2, -0.15) is 4.72 Å². The lowest BCUT2D eigenvalue weighted by molar-refractivity contribution is -0.252. The molecule has 0 saturated carbocycles. The van der Waals surface area contributed by atoms with Crippen LogP contribution in [0.1, 0.15) is 44.7 Å².